The topological polar surface area (TPSA) is 93.2 Å². The van der Waals surface area contributed by atoms with Crippen LogP contribution in [0.25, 0.3) is 0 Å². The number of anilines is 1. The lowest BCUT2D eigenvalue weighted by atomic mass is 9.96. The largest absolute Gasteiger partial charge is 0.465 e. The molecule has 2 heterocycles. The first-order chi connectivity index (χ1) is 15.4. The number of carbonyl (C=O) groups excluding carboxylic acids is 4. The van der Waals surface area contributed by atoms with Crippen LogP contribution in [-0.2, 0) is 19.7 Å². The van der Waals surface area contributed by atoms with E-state index in [1.165, 1.54) is 4.90 Å². The van der Waals surface area contributed by atoms with Crippen molar-refractivity contribution in [3.05, 3.63) is 65.2 Å². The molecule has 2 aromatic carbocycles. The number of fused-ring (bicyclic) bond motifs is 1. The monoisotopic (exact) mass is 434 g/mol. The van der Waals surface area contributed by atoms with Crippen molar-refractivity contribution in [2.75, 3.05) is 24.6 Å². The quantitative estimate of drug-likeness (QED) is 0.513. The molecule has 32 heavy (non-hydrogen) atoms. The first-order valence-corrected chi connectivity index (χ1v) is 10.7. The second-order valence-corrected chi connectivity index (χ2v) is 8.23. The van der Waals surface area contributed by atoms with E-state index >= 15 is 0 Å². The average Bonchev–Trinajstić information content (AvgIpc) is 3.49. The second-order valence-electron chi connectivity index (χ2n) is 8.23. The fourth-order valence-corrected chi connectivity index (χ4v) is 4.40. The molecule has 2 aliphatic heterocycles. The maximum atomic E-state index is 12.6. The summed E-state index contributed by atoms with van der Waals surface area (Å²) in [5.74, 6) is -0.967. The van der Waals surface area contributed by atoms with Crippen LogP contribution in [0.1, 0.15) is 46.0 Å². The van der Waals surface area contributed by atoms with Gasteiger partial charge in [-0.2, -0.15) is 0 Å². The van der Waals surface area contributed by atoms with Crippen LogP contribution in [0.15, 0.2) is 48.5 Å². The number of rotatable bonds is 6. The number of carbonyl (C=O) groups is 4. The lowest BCUT2D eigenvalue weighted by Crippen LogP contribution is -2.38. The zero-order chi connectivity index (χ0) is 22.5. The van der Waals surface area contributed by atoms with Crippen LogP contribution >= 0.6 is 0 Å². The molecule has 0 radical (unpaired) electrons. The summed E-state index contributed by atoms with van der Waals surface area (Å²) >= 11 is 0. The molecule has 1 atom stereocenters. The maximum absolute atomic E-state index is 12.6. The summed E-state index contributed by atoms with van der Waals surface area (Å²) < 4.78 is 10.6. The molecule has 1 unspecified atom stereocenters. The molecule has 5 rings (SSSR count). The van der Waals surface area contributed by atoms with Crippen LogP contribution in [0, 0.1) is 0 Å². The number of esters is 1. The molecule has 3 aliphatic rings. The van der Waals surface area contributed by atoms with Gasteiger partial charge in [0.15, 0.2) is 0 Å². The normalized spacial score (nSPS) is 20.9. The number of ether oxygens (including phenoxy) is 2. The number of nitrogens with zero attached hydrogens (tertiary/aromatic N) is 2. The maximum Gasteiger partial charge on any atom is 0.414 e. The summed E-state index contributed by atoms with van der Waals surface area (Å²) in [5.41, 5.74) is 1.65. The molecule has 3 amide bonds. The van der Waals surface area contributed by atoms with Gasteiger partial charge in [0.1, 0.15) is 6.10 Å². The lowest BCUT2D eigenvalue weighted by molar-refractivity contribution is -0.146. The molecule has 1 aliphatic carbocycles. The molecule has 0 N–H and O–H groups in total. The van der Waals surface area contributed by atoms with Gasteiger partial charge in [-0.3, -0.25) is 24.2 Å². The van der Waals surface area contributed by atoms with Crippen LogP contribution in [0.5, 0.6) is 0 Å². The van der Waals surface area contributed by atoms with Gasteiger partial charge in [0.05, 0.1) is 36.2 Å². The second kappa shape index (κ2) is 7.47. The number of hydrogen-bond donors (Lipinski definition) is 0. The molecular formula is C24H22N2O6. The summed E-state index contributed by atoms with van der Waals surface area (Å²) in [6.45, 7) is 2.34. The van der Waals surface area contributed by atoms with E-state index in [2.05, 4.69) is 0 Å². The Balaban J connectivity index is 1.27. The minimum atomic E-state index is -0.626. The van der Waals surface area contributed by atoms with Crippen LogP contribution in [0.2, 0.25) is 0 Å². The summed E-state index contributed by atoms with van der Waals surface area (Å²) in [4.78, 5) is 52.5. The highest BCUT2D eigenvalue weighted by Gasteiger charge is 2.52. The highest BCUT2D eigenvalue weighted by atomic mass is 16.6. The molecule has 2 aromatic rings. The van der Waals surface area contributed by atoms with Gasteiger partial charge in [-0.15, -0.1) is 0 Å². The standard InChI is InChI=1S/C24H22N2O6/c1-2-31-22(29)24(11-12-24)15-7-9-16(10-8-15)25-13-17(32-23(25)30)14-26-20(27)18-5-3-4-6-19(18)21(26)28/h3-10,17H,2,11-14H2,1H3. The van der Waals surface area contributed by atoms with E-state index in [-0.39, 0.29) is 30.9 Å². The van der Waals surface area contributed by atoms with Crippen molar-refractivity contribution in [3.63, 3.8) is 0 Å². The van der Waals surface area contributed by atoms with Gasteiger partial charge in [-0.05, 0) is 49.6 Å². The number of cyclic esters (lactones) is 1. The molecule has 8 heteroatoms. The van der Waals surface area contributed by atoms with E-state index in [4.69, 9.17) is 9.47 Å². The van der Waals surface area contributed by atoms with Crippen LogP contribution in [-0.4, -0.2) is 54.6 Å². The van der Waals surface area contributed by atoms with Gasteiger partial charge >= 0.3 is 12.1 Å². The lowest BCUT2D eigenvalue weighted by Gasteiger charge is -2.18. The van der Waals surface area contributed by atoms with Gasteiger partial charge in [-0.1, -0.05) is 24.3 Å². The zero-order valence-corrected chi connectivity index (χ0v) is 17.6. The third-order valence-corrected chi connectivity index (χ3v) is 6.29. The predicted octanol–water partition coefficient (Wildman–Crippen LogP) is 2.90. The van der Waals surface area contributed by atoms with Gasteiger partial charge in [0, 0.05) is 5.69 Å². The van der Waals surface area contributed by atoms with Crippen LogP contribution < -0.4 is 4.90 Å². The molecule has 164 valence electrons. The molecule has 8 nitrogen and oxygen atoms in total. The summed E-state index contributed by atoms with van der Waals surface area (Å²) in [5, 5.41) is 0. The van der Waals surface area contributed by atoms with Crippen molar-refractivity contribution in [1.82, 2.24) is 4.90 Å². The van der Waals surface area contributed by atoms with E-state index in [1.807, 2.05) is 12.1 Å². The van der Waals surface area contributed by atoms with Crippen molar-refractivity contribution < 1.29 is 28.7 Å². The number of amides is 3. The van der Waals surface area contributed by atoms with Gasteiger partial charge in [0.2, 0.25) is 0 Å². The third-order valence-electron chi connectivity index (χ3n) is 6.29. The smallest absolute Gasteiger partial charge is 0.414 e. The van der Waals surface area contributed by atoms with Gasteiger partial charge in [0.25, 0.3) is 11.8 Å². The first-order valence-electron chi connectivity index (χ1n) is 10.7. The minimum Gasteiger partial charge on any atom is -0.465 e. The Kier molecular flexibility index (Phi) is 4.73. The Morgan fingerprint density at radius 2 is 1.66 bits per heavy atom. The van der Waals surface area contributed by atoms with Crippen molar-refractivity contribution in [2.24, 2.45) is 0 Å². The molecule has 1 saturated heterocycles. The fraction of sp³-hybridized carbons (Fsp3) is 0.333. The summed E-state index contributed by atoms with van der Waals surface area (Å²) in [6, 6.07) is 13.9. The van der Waals surface area contributed by atoms with E-state index in [0.29, 0.717) is 23.4 Å². The number of imide groups is 1. The van der Waals surface area contributed by atoms with E-state index in [9.17, 15) is 19.2 Å². The third kappa shape index (κ3) is 3.14. The molecule has 0 bridgehead atoms. The summed E-state index contributed by atoms with van der Waals surface area (Å²) in [7, 11) is 0. The van der Waals surface area contributed by atoms with E-state index < -0.39 is 17.6 Å². The SMILES string of the molecule is CCOC(=O)C1(c2ccc(N3CC(CN4C(=O)c5ccccc5C4=O)OC3=O)cc2)CC1. The molecule has 2 fully saturated rings. The average molecular weight is 434 g/mol. The molecular weight excluding hydrogens is 412 g/mol. The van der Waals surface area contributed by atoms with E-state index in [1.54, 1.807) is 43.3 Å². The fourth-order valence-electron chi connectivity index (χ4n) is 4.40. The van der Waals surface area contributed by atoms with Crippen molar-refractivity contribution in [2.45, 2.75) is 31.3 Å². The Labute approximate surface area is 184 Å². The predicted molar refractivity (Wildman–Crippen MR) is 113 cm³/mol. The zero-order valence-electron chi connectivity index (χ0n) is 17.6. The van der Waals surface area contributed by atoms with Crippen LogP contribution in [0.3, 0.4) is 0 Å². The Morgan fingerprint density at radius 1 is 1.03 bits per heavy atom. The Morgan fingerprint density at radius 3 is 2.22 bits per heavy atom. The molecule has 0 aromatic heterocycles. The molecule has 1 saturated carbocycles. The van der Waals surface area contributed by atoms with E-state index in [0.717, 1.165) is 23.3 Å². The first kappa shape index (κ1) is 20.2. The van der Waals surface area contributed by atoms with Crippen molar-refractivity contribution in [3.8, 4) is 0 Å². The Hall–Kier alpha value is -3.68. The number of benzene rings is 2. The van der Waals surface area contributed by atoms with Gasteiger partial charge in [-0.25, -0.2) is 4.79 Å². The number of hydrogen-bond acceptors (Lipinski definition) is 6. The highest BCUT2D eigenvalue weighted by molar-refractivity contribution is 6.21. The van der Waals surface area contributed by atoms with Crippen molar-refractivity contribution >= 4 is 29.6 Å². The van der Waals surface area contributed by atoms with Crippen LogP contribution in [0.4, 0.5) is 10.5 Å². The Bertz CT molecular complexity index is 1090. The van der Waals surface area contributed by atoms with Gasteiger partial charge < -0.3 is 9.47 Å². The van der Waals surface area contributed by atoms with Crippen molar-refractivity contribution in [1.29, 1.82) is 0 Å². The molecule has 0 spiro atoms. The summed E-state index contributed by atoms with van der Waals surface area (Å²) in [6.07, 6.45) is 0.336. The minimum absolute atomic E-state index is 0.00135. The highest BCUT2D eigenvalue weighted by Crippen LogP contribution is 2.49.